The van der Waals surface area contributed by atoms with Crippen molar-refractivity contribution in [3.8, 4) is 0 Å². The zero-order valence-corrected chi connectivity index (χ0v) is 23.8. The Balaban J connectivity index is 0.000000320. The third kappa shape index (κ3) is 5.90. The molecule has 2 aromatic carbocycles. The van der Waals surface area contributed by atoms with Gasteiger partial charge in [-0.2, -0.15) is 0 Å². The molecule has 0 aromatic heterocycles. The lowest BCUT2D eigenvalue weighted by Crippen LogP contribution is -2.11. The summed E-state index contributed by atoms with van der Waals surface area (Å²) in [5, 5.41) is 34.1. The Bertz CT molecular complexity index is 1000. The van der Waals surface area contributed by atoms with Crippen molar-refractivity contribution in [2.75, 3.05) is 0 Å². The molecule has 0 bridgehead atoms. The van der Waals surface area contributed by atoms with E-state index in [2.05, 4.69) is 63.7 Å². The largest absolute Gasteiger partial charge is 0.478 e. The molecule has 0 saturated carbocycles. The van der Waals surface area contributed by atoms with Crippen LogP contribution in [0.4, 0.5) is 0 Å². The highest BCUT2D eigenvalue weighted by atomic mass is 79.9. The number of halogens is 8. The predicted octanol–water partition coefficient (Wildman–Crippen LogP) is 7.83. The fourth-order valence-corrected chi connectivity index (χ4v) is 5.54. The molecule has 172 valence electrons. The summed E-state index contributed by atoms with van der Waals surface area (Å²) in [4.78, 5) is 43.7. The number of carboxylic acid groups (broad SMARTS) is 4. The first-order valence-electron chi connectivity index (χ1n) is 7.22. The normalized spacial score (nSPS) is 10.2. The lowest BCUT2D eigenvalue weighted by Gasteiger charge is -2.11. The van der Waals surface area contributed by atoms with Crippen LogP contribution in [-0.4, -0.2) is 44.3 Å². The third-order valence-corrected chi connectivity index (χ3v) is 9.96. The number of benzene rings is 2. The van der Waals surface area contributed by atoms with Crippen LogP contribution in [-0.2, 0) is 0 Å². The minimum atomic E-state index is -1.55. The van der Waals surface area contributed by atoms with Crippen molar-refractivity contribution in [1.82, 2.24) is 0 Å². The first-order valence-corrected chi connectivity index (χ1v) is 11.9. The van der Waals surface area contributed by atoms with Gasteiger partial charge in [-0.3, -0.25) is 0 Å². The van der Waals surface area contributed by atoms with Crippen LogP contribution in [0.2, 0.25) is 20.1 Å². The van der Waals surface area contributed by atoms with Crippen molar-refractivity contribution >= 4 is 134 Å². The average molecular weight is 786 g/mol. The van der Waals surface area contributed by atoms with E-state index in [0.717, 1.165) is 0 Å². The fourth-order valence-electron chi connectivity index (χ4n) is 2.07. The summed E-state index contributed by atoms with van der Waals surface area (Å²) >= 11 is 34.8. The van der Waals surface area contributed by atoms with Crippen molar-refractivity contribution in [3.05, 3.63) is 60.2 Å². The molecule has 8 nitrogen and oxygen atoms in total. The number of rotatable bonds is 4. The Hall–Kier alpha value is -0.600. The van der Waals surface area contributed by atoms with Crippen molar-refractivity contribution < 1.29 is 39.6 Å². The SMILES string of the molecule is O=C(O)c1c(Br)c(Br)c(Br)c(Br)c1C(=O)O.O=C(O)c1c(Cl)c(Cl)c(Cl)c(Cl)c1C(=O)O. The predicted molar refractivity (Wildman–Crippen MR) is 132 cm³/mol. The van der Waals surface area contributed by atoms with Gasteiger partial charge in [0.1, 0.15) is 0 Å². The van der Waals surface area contributed by atoms with Gasteiger partial charge < -0.3 is 20.4 Å². The third-order valence-electron chi connectivity index (χ3n) is 3.39. The Morgan fingerprint density at radius 3 is 0.844 bits per heavy atom. The van der Waals surface area contributed by atoms with Crippen LogP contribution >= 0.6 is 110 Å². The summed E-state index contributed by atoms with van der Waals surface area (Å²) in [5.74, 6) is -5.75. The standard InChI is InChI=1S/C8H2Br4O4.C8H2Cl4O4/c2*9-3-1(7(13)14)2(8(15)16)4(10)6(12)5(3)11/h2*(H,13,14)(H,15,16). The highest BCUT2D eigenvalue weighted by Crippen LogP contribution is 2.43. The molecular formula is C16H4Br4Cl4O8. The molecule has 0 aliphatic carbocycles. The second-order valence-electron chi connectivity index (χ2n) is 5.23. The van der Waals surface area contributed by atoms with Crippen LogP contribution in [0.15, 0.2) is 17.9 Å². The second-order valence-corrected chi connectivity index (χ2v) is 9.92. The molecule has 0 saturated heterocycles. The lowest BCUT2D eigenvalue weighted by molar-refractivity contribution is 0.0649. The van der Waals surface area contributed by atoms with E-state index in [-0.39, 0.29) is 30.1 Å². The van der Waals surface area contributed by atoms with Crippen molar-refractivity contribution in [2.24, 2.45) is 0 Å². The molecular weight excluding hydrogens is 782 g/mol. The molecule has 0 atom stereocenters. The Kier molecular flexibility index (Phi) is 10.8. The summed E-state index contributed by atoms with van der Waals surface area (Å²) in [5.41, 5.74) is -1.99. The zero-order chi connectivity index (χ0) is 25.2. The van der Waals surface area contributed by atoms with Crippen LogP contribution in [0.5, 0.6) is 0 Å². The zero-order valence-electron chi connectivity index (χ0n) is 14.4. The van der Waals surface area contributed by atoms with Crippen molar-refractivity contribution in [1.29, 1.82) is 0 Å². The summed E-state index contributed by atoms with van der Waals surface area (Å²) in [6.45, 7) is 0. The Morgan fingerprint density at radius 1 is 0.438 bits per heavy atom. The van der Waals surface area contributed by atoms with E-state index in [1.165, 1.54) is 0 Å². The van der Waals surface area contributed by atoms with E-state index in [1.807, 2.05) is 0 Å². The molecule has 0 heterocycles. The summed E-state index contributed by atoms with van der Waals surface area (Å²) in [6.07, 6.45) is 0. The van der Waals surface area contributed by atoms with Gasteiger partial charge in [0.05, 0.1) is 42.3 Å². The highest BCUT2D eigenvalue weighted by molar-refractivity contribution is 9.15. The molecule has 0 radical (unpaired) electrons. The van der Waals surface area contributed by atoms with Crippen molar-refractivity contribution in [3.63, 3.8) is 0 Å². The van der Waals surface area contributed by atoms with Crippen LogP contribution in [0.1, 0.15) is 41.4 Å². The van der Waals surface area contributed by atoms with Gasteiger partial charge in [0.2, 0.25) is 0 Å². The van der Waals surface area contributed by atoms with Gasteiger partial charge in [0.15, 0.2) is 0 Å². The van der Waals surface area contributed by atoms with Crippen molar-refractivity contribution in [2.45, 2.75) is 0 Å². The fraction of sp³-hybridized carbons (Fsp3) is 0. The van der Waals surface area contributed by atoms with Crippen LogP contribution in [0, 0.1) is 0 Å². The number of carboxylic acids is 4. The molecule has 0 aliphatic heterocycles. The summed E-state index contributed by atoms with van der Waals surface area (Å²) < 4.78 is 1.21. The summed E-state index contributed by atoms with van der Waals surface area (Å²) in [7, 11) is 0. The van der Waals surface area contributed by atoms with Gasteiger partial charge in [-0.1, -0.05) is 46.4 Å². The molecule has 4 N–H and O–H groups in total. The van der Waals surface area contributed by atoms with E-state index in [4.69, 9.17) is 66.8 Å². The van der Waals surface area contributed by atoms with E-state index in [9.17, 15) is 19.2 Å². The highest BCUT2D eigenvalue weighted by Gasteiger charge is 2.29. The number of hydrogen-bond donors (Lipinski definition) is 4. The molecule has 0 spiro atoms. The van der Waals surface area contributed by atoms with Crippen LogP contribution in [0.3, 0.4) is 0 Å². The van der Waals surface area contributed by atoms with Gasteiger partial charge in [-0.15, -0.1) is 0 Å². The maximum Gasteiger partial charge on any atom is 0.338 e. The molecule has 0 unspecified atom stereocenters. The van der Waals surface area contributed by atoms with Gasteiger partial charge >= 0.3 is 23.9 Å². The molecule has 0 amide bonds. The second kappa shape index (κ2) is 11.7. The van der Waals surface area contributed by atoms with Gasteiger partial charge in [0.25, 0.3) is 0 Å². The summed E-state index contributed by atoms with van der Waals surface area (Å²) in [6, 6.07) is 0. The number of carbonyl (C=O) groups is 4. The van der Waals surface area contributed by atoms with Gasteiger partial charge in [-0.25, -0.2) is 19.2 Å². The quantitative estimate of drug-likeness (QED) is 0.181. The van der Waals surface area contributed by atoms with E-state index in [1.54, 1.807) is 0 Å². The molecule has 0 fully saturated rings. The maximum atomic E-state index is 11.0. The minimum absolute atomic E-state index is 0.174. The first kappa shape index (κ1) is 29.4. The van der Waals surface area contributed by atoms with E-state index < -0.39 is 45.0 Å². The maximum absolute atomic E-state index is 11.0. The molecule has 0 aliphatic rings. The minimum Gasteiger partial charge on any atom is -0.478 e. The Labute approximate surface area is 231 Å². The smallest absolute Gasteiger partial charge is 0.338 e. The molecule has 16 heteroatoms. The van der Waals surface area contributed by atoms with Crippen LogP contribution in [0.25, 0.3) is 0 Å². The van der Waals surface area contributed by atoms with Crippen LogP contribution < -0.4 is 0 Å². The average Bonchev–Trinajstić information content (AvgIpc) is 2.69. The topological polar surface area (TPSA) is 149 Å². The molecule has 32 heavy (non-hydrogen) atoms. The van der Waals surface area contributed by atoms with E-state index >= 15 is 0 Å². The Morgan fingerprint density at radius 2 is 0.656 bits per heavy atom. The van der Waals surface area contributed by atoms with E-state index in [0.29, 0.717) is 8.95 Å². The lowest BCUT2D eigenvalue weighted by atomic mass is 10.1. The monoisotopic (exact) mass is 780 g/mol. The first-order chi connectivity index (χ1) is 14.6. The molecule has 2 rings (SSSR count). The van der Waals surface area contributed by atoms with Gasteiger partial charge in [0, 0.05) is 17.9 Å². The number of aromatic carboxylic acids is 4. The van der Waals surface area contributed by atoms with Gasteiger partial charge in [-0.05, 0) is 63.7 Å². The number of hydrogen-bond acceptors (Lipinski definition) is 4. The molecule has 2 aromatic rings.